The van der Waals surface area contributed by atoms with Crippen LogP contribution in [-0.2, 0) is 104 Å². The van der Waals surface area contributed by atoms with Crippen LogP contribution in [0, 0.1) is 6.92 Å². The molecule has 0 aliphatic rings. The molecule has 0 spiro atoms. The molecule has 0 aliphatic carbocycles. The van der Waals surface area contributed by atoms with E-state index in [9.17, 15) is 0 Å². The summed E-state index contributed by atoms with van der Waals surface area (Å²) in [4.78, 5) is 32.9. The van der Waals surface area contributed by atoms with Gasteiger partial charge in [0.2, 0.25) is 12.3 Å². The fraction of sp³-hybridized carbons (Fsp3) is 0.174. The maximum absolute atomic E-state index is 8.94. The number of fused-ring (bicyclic) bond motifs is 11. The Balaban J connectivity index is 0.000000124. The molecule has 0 fully saturated rings. The van der Waals surface area contributed by atoms with Gasteiger partial charge in [0.25, 0.3) is 0 Å². The molecule has 13 aromatic carbocycles. The van der Waals surface area contributed by atoms with Gasteiger partial charge < -0.3 is 57.4 Å². The van der Waals surface area contributed by atoms with Gasteiger partial charge in [-0.25, -0.2) is 53.3 Å². The second kappa shape index (κ2) is 47.9. The second-order valence-electron chi connectivity index (χ2n) is 33.9. The molecular weight excluding hydrogens is 1740 g/mol. The lowest BCUT2D eigenvalue weighted by Gasteiger charge is -2.11. The first-order valence-corrected chi connectivity index (χ1v) is 46.4. The largest absolute Gasteiger partial charge is 0.396 e. The summed E-state index contributed by atoms with van der Waals surface area (Å²) in [7, 11) is 28.1. The van der Waals surface area contributed by atoms with Crippen LogP contribution in [-0.4, -0.2) is 122 Å². The number of aromatic nitrogens is 21. The standard InChI is InChI=1S/C16H19N2.C15H14N2.C14H12N2.C13H11N.C11H14N2O.C9H10N2O.C9H10N2.C8H9N3.C8H8N2.C7H7N3.C5H9N2/c1-17(2)16-8-6-14(7-9-16)4-5-15-10-12-18(3)13-11-15;1-17-14-10-6-5-9-13(14)16-15(17)11-12-7-3-2-4-8-12;1-16-13-10-6-5-9-12(13)15-14(16)11-7-3-2-4-8-11;1-14-12-8-4-2-6-10(12)11-7-3-5-9-13(11)14;1-13-10-6-3-2-5-9(10)12-11(13)7-4-8-14;1-11-8-5-3-2-4-7(8)10-9(11)6-12;1-7-10-8-5-3-4-6-9(8)11(7)2;1-11-7-5-3-2-4-6(7)10-8(11)9;1-10-6-9-7-4-2-3-5-8(7)10;1-10-7-5-3-2-4-6(7)8-9-10;1-6-3-4-7(2)5-6/h4-13H,1-3H3;2-10H,11H2,1H3;2-10H,1H3;2-9H,1H3;2-3,5-6,14H,4,7-8H2,1H3;2-5,12H,6H2,1H3;3-6H,1-2H3;2-5H,1H3,(H2,9,10);2-6H,1H3;2-5H,1H3;3-5H,1-2H3/q+1;;;;;;;;;;+1. The number of rotatable bonds is 10. The van der Waals surface area contributed by atoms with Crippen molar-refractivity contribution in [1.29, 1.82) is 0 Å². The molecule has 24 rings (SSSR count). The van der Waals surface area contributed by atoms with E-state index in [4.69, 9.17) is 15.9 Å². The number of benzene rings is 13. The number of hydrogen-bond donors (Lipinski definition) is 3. The van der Waals surface area contributed by atoms with Crippen molar-refractivity contribution < 1.29 is 19.3 Å². The molecule has 0 aliphatic heterocycles. The van der Waals surface area contributed by atoms with Gasteiger partial charge in [0.1, 0.15) is 60.7 Å². The summed E-state index contributed by atoms with van der Waals surface area (Å²) in [6, 6.07) is 115. The summed E-state index contributed by atoms with van der Waals surface area (Å²) in [5, 5.41) is 28.2. The highest BCUT2D eigenvalue weighted by Crippen LogP contribution is 2.29. The summed E-state index contributed by atoms with van der Waals surface area (Å²) in [5.41, 5.74) is 31.5. The summed E-state index contributed by atoms with van der Waals surface area (Å²) in [6.07, 6.45) is 18.7. The number of pyridine rings is 1. The topological polar surface area (TPSA) is 243 Å². The highest BCUT2D eigenvalue weighted by atomic mass is 16.3. The zero-order valence-electron chi connectivity index (χ0n) is 82.3. The van der Waals surface area contributed by atoms with E-state index in [-0.39, 0.29) is 13.2 Å². The lowest BCUT2D eigenvalue weighted by Crippen LogP contribution is -2.25. The quantitative estimate of drug-likeness (QED) is 0.108. The van der Waals surface area contributed by atoms with Crippen LogP contribution in [0.1, 0.15) is 46.4 Å². The van der Waals surface area contributed by atoms with Gasteiger partial charge in [0.05, 0.1) is 103 Å². The Bertz CT molecular complexity index is 7880. The molecule has 140 heavy (non-hydrogen) atoms. The number of anilines is 2. The van der Waals surface area contributed by atoms with E-state index in [1.807, 2.05) is 299 Å². The van der Waals surface area contributed by atoms with Crippen molar-refractivity contribution in [3.8, 4) is 11.4 Å². The SMILES string of the molecule is CN(C)c1ccc(/C=C/c2cc[n+](C)cc2)cc1.Cc1nc2ccccc2n1C.Cn1c(-c2ccccc2)nc2ccccc21.Cn1c(CCCO)nc2ccccc21.Cn1c(CO)nc2ccccc21.Cn1c(Cc2ccccc2)nc2ccccc21.Cn1c(N)nc2ccccc21.Cn1c2ccccc2c2ccccc21.Cn1cc[n+](C)c1.Cn1cnc2ccccc21.Cn1nnc2ccccc21. The number of para-hydroxylation sites is 17. The maximum atomic E-state index is 8.94. The minimum atomic E-state index is -0.00875. The molecule has 0 unspecified atom stereocenters. The molecule has 0 amide bonds. The average molecular weight is 1860 g/mol. The Labute approximate surface area is 816 Å². The van der Waals surface area contributed by atoms with E-state index >= 15 is 0 Å². The van der Waals surface area contributed by atoms with Gasteiger partial charge in [0, 0.05) is 142 Å². The number of hydrogen-bond acceptors (Lipinski definition) is 13. The van der Waals surface area contributed by atoms with E-state index in [2.05, 4.69) is 297 Å². The highest BCUT2D eigenvalue weighted by Gasteiger charge is 2.13. The van der Waals surface area contributed by atoms with Crippen LogP contribution in [0.4, 0.5) is 11.6 Å². The first-order valence-electron chi connectivity index (χ1n) is 46.4. The fourth-order valence-corrected chi connectivity index (χ4v) is 16.0. The summed E-state index contributed by atoms with van der Waals surface area (Å²) in [5.74, 6) is 5.49. The van der Waals surface area contributed by atoms with Gasteiger partial charge in [0.15, 0.2) is 12.4 Å². The molecule has 708 valence electrons. The van der Waals surface area contributed by atoms with E-state index in [1.165, 1.54) is 66.3 Å². The lowest BCUT2D eigenvalue weighted by molar-refractivity contribution is -0.671. The molecule has 25 heteroatoms. The van der Waals surface area contributed by atoms with Crippen molar-refractivity contribution in [2.75, 3.05) is 31.3 Å². The Hall–Kier alpha value is -17.0. The van der Waals surface area contributed by atoms with Gasteiger partial charge in [-0.3, -0.25) is 0 Å². The van der Waals surface area contributed by atoms with E-state index in [0.717, 1.165) is 114 Å². The van der Waals surface area contributed by atoms with Crippen LogP contribution in [0.3, 0.4) is 0 Å². The van der Waals surface area contributed by atoms with E-state index in [0.29, 0.717) is 11.8 Å². The lowest BCUT2D eigenvalue weighted by atomic mass is 10.1. The fourth-order valence-electron chi connectivity index (χ4n) is 16.0. The number of aliphatic hydroxyl groups excluding tert-OH is 2. The maximum Gasteiger partial charge on any atom is 0.243 e. The monoisotopic (exact) mass is 1860 g/mol. The van der Waals surface area contributed by atoms with E-state index < -0.39 is 0 Å². The minimum Gasteiger partial charge on any atom is -0.396 e. The third-order valence-electron chi connectivity index (χ3n) is 23.9. The molecule has 24 aromatic rings. The number of aryl methyl sites for hydroxylation is 14. The van der Waals surface area contributed by atoms with Gasteiger partial charge in [-0.2, -0.15) is 0 Å². The Morgan fingerprint density at radius 1 is 0.357 bits per heavy atom. The first-order chi connectivity index (χ1) is 68.0. The predicted octanol–water partition coefficient (Wildman–Crippen LogP) is 20.5. The van der Waals surface area contributed by atoms with Crippen LogP contribution in [0.25, 0.3) is 134 Å². The molecule has 0 radical (unpaired) electrons. The molecule has 4 N–H and O–H groups in total. The van der Waals surface area contributed by atoms with E-state index in [1.54, 1.807) is 4.68 Å². The molecule has 11 aromatic heterocycles. The van der Waals surface area contributed by atoms with Crippen molar-refractivity contribution in [3.63, 3.8) is 0 Å². The summed E-state index contributed by atoms with van der Waals surface area (Å²) >= 11 is 0. The summed E-state index contributed by atoms with van der Waals surface area (Å²) < 4.78 is 24.3. The van der Waals surface area contributed by atoms with Crippen LogP contribution in [0.5, 0.6) is 0 Å². The molecule has 0 saturated carbocycles. The minimum absolute atomic E-state index is 0.00875. The predicted molar refractivity (Wildman–Crippen MR) is 573 cm³/mol. The van der Waals surface area contributed by atoms with Crippen LogP contribution in [0.2, 0.25) is 0 Å². The van der Waals surface area contributed by atoms with Crippen LogP contribution in [0.15, 0.2) is 377 Å². The average Bonchev–Trinajstić information content (AvgIpc) is 1.62. The third-order valence-corrected chi connectivity index (χ3v) is 23.9. The second-order valence-corrected chi connectivity index (χ2v) is 33.9. The van der Waals surface area contributed by atoms with Crippen LogP contribution >= 0.6 is 0 Å². The van der Waals surface area contributed by atoms with Crippen molar-refractivity contribution >= 4 is 134 Å². The van der Waals surface area contributed by atoms with Gasteiger partial charge in [-0.05, 0) is 151 Å². The van der Waals surface area contributed by atoms with Crippen molar-refractivity contribution in [2.24, 2.45) is 84.6 Å². The normalized spacial score (nSPS) is 10.8. The van der Waals surface area contributed by atoms with Crippen molar-refractivity contribution in [2.45, 2.75) is 32.8 Å². The zero-order chi connectivity index (χ0) is 98.6. The smallest absolute Gasteiger partial charge is 0.243 e. The number of aliphatic hydroxyl groups is 2. The Morgan fingerprint density at radius 2 is 0.764 bits per heavy atom. The molecular formula is C115H123N23O2+2. The number of nitrogen functional groups attached to an aromatic ring is 1. The highest BCUT2D eigenvalue weighted by molar-refractivity contribution is 6.08. The van der Waals surface area contributed by atoms with Crippen LogP contribution < -0.4 is 19.8 Å². The van der Waals surface area contributed by atoms with Crippen molar-refractivity contribution in [3.05, 3.63) is 417 Å². The summed E-state index contributed by atoms with van der Waals surface area (Å²) in [6.45, 7) is 2.23. The zero-order valence-corrected chi connectivity index (χ0v) is 82.3. The molecule has 0 atom stereocenters. The molecule has 11 heterocycles. The first kappa shape index (κ1) is 99.0. The molecule has 25 nitrogen and oxygen atoms in total. The molecule has 0 bridgehead atoms. The van der Waals surface area contributed by atoms with Gasteiger partial charge in [-0.1, -0.05) is 224 Å². The third kappa shape index (κ3) is 25.2. The van der Waals surface area contributed by atoms with Gasteiger partial charge >= 0.3 is 0 Å². The molecule has 0 saturated heterocycles. The number of nitrogens with zero attached hydrogens (tertiary/aromatic N) is 22. The number of nitrogens with two attached hydrogens (primary N) is 1. The number of imidazole rings is 8. The van der Waals surface area contributed by atoms with Crippen molar-refractivity contribution in [1.82, 2.24) is 91.0 Å². The van der Waals surface area contributed by atoms with Gasteiger partial charge in [-0.15, -0.1) is 5.10 Å². The Morgan fingerprint density at radius 3 is 1.22 bits per heavy atom. The Kier molecular flexibility index (Phi) is 33.9.